The highest BCUT2D eigenvalue weighted by atomic mass is 35.5. The van der Waals surface area contributed by atoms with Crippen LogP contribution in [-0.4, -0.2) is 33.4 Å². The fraction of sp³-hybridized carbons (Fsp3) is 0.292. The van der Waals surface area contributed by atoms with E-state index in [2.05, 4.69) is 39.2 Å². The number of anilines is 2. The lowest BCUT2D eigenvalue weighted by atomic mass is 10.1. The molecule has 7 nitrogen and oxygen atoms in total. The van der Waals surface area contributed by atoms with Gasteiger partial charge < -0.3 is 15.4 Å². The molecule has 1 fully saturated rings. The van der Waals surface area contributed by atoms with E-state index >= 15 is 0 Å². The first kappa shape index (κ1) is 22.0. The van der Waals surface area contributed by atoms with E-state index in [-0.39, 0.29) is 12.4 Å². The van der Waals surface area contributed by atoms with Crippen LogP contribution in [0, 0.1) is 5.92 Å². The quantitative estimate of drug-likeness (QED) is 0.447. The third-order valence-electron chi connectivity index (χ3n) is 5.71. The predicted molar refractivity (Wildman–Crippen MR) is 130 cm³/mol. The summed E-state index contributed by atoms with van der Waals surface area (Å²) in [5.74, 6) is 1.52. The van der Waals surface area contributed by atoms with Gasteiger partial charge in [-0.05, 0) is 54.7 Å². The number of methoxy groups -OCH3 is 1. The molecule has 4 aromatic rings. The van der Waals surface area contributed by atoms with E-state index in [4.69, 9.17) is 15.5 Å². The van der Waals surface area contributed by atoms with Crippen LogP contribution >= 0.6 is 12.4 Å². The van der Waals surface area contributed by atoms with Gasteiger partial charge in [0.2, 0.25) is 0 Å². The molecule has 0 unspecified atom stereocenters. The molecular formula is C24H27ClN6O. The lowest BCUT2D eigenvalue weighted by Gasteiger charge is -2.26. The Morgan fingerprint density at radius 3 is 2.62 bits per heavy atom. The van der Waals surface area contributed by atoms with Crippen molar-refractivity contribution in [2.45, 2.75) is 19.4 Å². The summed E-state index contributed by atoms with van der Waals surface area (Å²) in [6.45, 7) is 1.43. The Morgan fingerprint density at radius 1 is 1.09 bits per heavy atom. The van der Waals surface area contributed by atoms with Crippen LogP contribution in [-0.2, 0) is 13.6 Å². The van der Waals surface area contributed by atoms with Crippen molar-refractivity contribution < 1.29 is 4.74 Å². The summed E-state index contributed by atoms with van der Waals surface area (Å²) in [6, 6.07) is 12.5. The summed E-state index contributed by atoms with van der Waals surface area (Å²) in [7, 11) is 3.59. The van der Waals surface area contributed by atoms with Gasteiger partial charge in [0.15, 0.2) is 0 Å². The van der Waals surface area contributed by atoms with Crippen LogP contribution in [0.2, 0.25) is 0 Å². The van der Waals surface area contributed by atoms with Crippen LogP contribution in [0.5, 0.6) is 5.75 Å². The molecule has 0 atom stereocenters. The maximum Gasteiger partial charge on any atom is 0.121 e. The molecule has 2 heterocycles. The van der Waals surface area contributed by atoms with Gasteiger partial charge in [0.1, 0.15) is 5.75 Å². The first-order chi connectivity index (χ1) is 15.1. The van der Waals surface area contributed by atoms with E-state index in [0.29, 0.717) is 12.5 Å². The Morgan fingerprint density at radius 2 is 1.94 bits per heavy atom. The van der Waals surface area contributed by atoms with Gasteiger partial charge in [-0.3, -0.25) is 9.67 Å². The highest BCUT2D eigenvalue weighted by Gasteiger charge is 2.26. The molecule has 2 aromatic heterocycles. The zero-order valence-electron chi connectivity index (χ0n) is 18.2. The zero-order chi connectivity index (χ0) is 21.4. The van der Waals surface area contributed by atoms with Crippen molar-refractivity contribution in [3.63, 3.8) is 0 Å². The topological polar surface area (TPSA) is 82.1 Å². The molecule has 0 amide bonds. The standard InChI is InChI=1S/C24H26N6O.ClH/c1-29-15-18(12-27-29)24-13-26-22-6-5-19(10-23(22)28-24)30(14-16-3-4-16)20-7-17(11-25)8-21(9-20)31-2;/h5-10,12-13,15-16H,3-4,11,14,25H2,1-2H3;1H. The lowest BCUT2D eigenvalue weighted by Crippen LogP contribution is -2.20. The first-order valence-corrected chi connectivity index (χ1v) is 10.5. The van der Waals surface area contributed by atoms with Crippen LogP contribution < -0.4 is 15.4 Å². The minimum Gasteiger partial charge on any atom is -0.497 e. The van der Waals surface area contributed by atoms with E-state index in [1.54, 1.807) is 18.0 Å². The second-order valence-corrected chi connectivity index (χ2v) is 8.13. The number of fused-ring (bicyclic) bond motifs is 1. The van der Waals surface area contributed by atoms with Crippen molar-refractivity contribution in [2.24, 2.45) is 18.7 Å². The van der Waals surface area contributed by atoms with Gasteiger partial charge in [0, 0.05) is 49.3 Å². The van der Waals surface area contributed by atoms with Crippen LogP contribution in [0.3, 0.4) is 0 Å². The number of hydrogen-bond donors (Lipinski definition) is 1. The van der Waals surface area contributed by atoms with Gasteiger partial charge in [-0.2, -0.15) is 5.10 Å². The van der Waals surface area contributed by atoms with Crippen molar-refractivity contribution in [3.8, 4) is 17.0 Å². The van der Waals surface area contributed by atoms with Crippen LogP contribution in [0.15, 0.2) is 55.0 Å². The number of nitrogens with zero attached hydrogens (tertiary/aromatic N) is 5. The molecule has 0 aliphatic heterocycles. The maximum atomic E-state index is 5.94. The van der Waals surface area contributed by atoms with Gasteiger partial charge in [-0.25, -0.2) is 4.98 Å². The SMILES string of the molecule is COc1cc(CN)cc(N(CC2CC2)c2ccc3ncc(-c4cnn(C)c4)nc3c2)c1.Cl. The molecular weight excluding hydrogens is 424 g/mol. The van der Waals surface area contributed by atoms with Gasteiger partial charge in [0.25, 0.3) is 0 Å². The van der Waals surface area contributed by atoms with Crippen LogP contribution in [0.25, 0.3) is 22.3 Å². The summed E-state index contributed by atoms with van der Waals surface area (Å²) in [6.07, 6.45) is 8.09. The number of aryl methyl sites for hydroxylation is 1. The number of ether oxygens (including phenoxy) is 1. The van der Waals surface area contributed by atoms with Crippen molar-refractivity contribution in [1.82, 2.24) is 19.7 Å². The van der Waals surface area contributed by atoms with E-state index in [0.717, 1.165) is 51.5 Å². The van der Waals surface area contributed by atoms with E-state index < -0.39 is 0 Å². The van der Waals surface area contributed by atoms with Crippen molar-refractivity contribution >= 4 is 34.8 Å². The van der Waals surface area contributed by atoms with Gasteiger partial charge in [-0.1, -0.05) is 0 Å². The molecule has 0 bridgehead atoms. The number of hydrogen-bond acceptors (Lipinski definition) is 6. The predicted octanol–water partition coefficient (Wildman–Crippen LogP) is 4.47. The number of rotatable bonds is 7. The zero-order valence-corrected chi connectivity index (χ0v) is 19.0. The normalized spacial score (nSPS) is 13.1. The minimum absolute atomic E-state index is 0. The fourth-order valence-corrected chi connectivity index (χ4v) is 3.81. The minimum atomic E-state index is 0. The molecule has 2 N–H and O–H groups in total. The molecule has 0 radical (unpaired) electrons. The third-order valence-corrected chi connectivity index (χ3v) is 5.71. The Hall–Kier alpha value is -3.16. The summed E-state index contributed by atoms with van der Waals surface area (Å²) in [5, 5.41) is 4.25. The van der Waals surface area contributed by atoms with Crippen molar-refractivity contribution in [1.29, 1.82) is 0 Å². The lowest BCUT2D eigenvalue weighted by molar-refractivity contribution is 0.414. The van der Waals surface area contributed by atoms with E-state index in [9.17, 15) is 0 Å². The highest BCUT2D eigenvalue weighted by Crippen LogP contribution is 2.37. The van der Waals surface area contributed by atoms with E-state index in [1.807, 2.05) is 31.6 Å². The molecule has 166 valence electrons. The summed E-state index contributed by atoms with van der Waals surface area (Å²) < 4.78 is 7.30. The fourth-order valence-electron chi connectivity index (χ4n) is 3.81. The van der Waals surface area contributed by atoms with Gasteiger partial charge in [-0.15, -0.1) is 12.4 Å². The summed E-state index contributed by atoms with van der Waals surface area (Å²) in [5.41, 5.74) is 12.7. The number of aromatic nitrogens is 4. The second-order valence-electron chi connectivity index (χ2n) is 8.13. The van der Waals surface area contributed by atoms with Gasteiger partial charge in [0.05, 0.1) is 36.2 Å². The Kier molecular flexibility index (Phi) is 6.30. The Bertz CT molecular complexity index is 1210. The number of halogens is 1. The monoisotopic (exact) mass is 450 g/mol. The van der Waals surface area contributed by atoms with Crippen molar-refractivity contribution in [2.75, 3.05) is 18.6 Å². The molecule has 32 heavy (non-hydrogen) atoms. The largest absolute Gasteiger partial charge is 0.497 e. The molecule has 8 heteroatoms. The van der Waals surface area contributed by atoms with Crippen LogP contribution in [0.1, 0.15) is 18.4 Å². The molecule has 1 saturated carbocycles. The molecule has 1 aliphatic carbocycles. The first-order valence-electron chi connectivity index (χ1n) is 10.5. The van der Waals surface area contributed by atoms with Crippen LogP contribution in [0.4, 0.5) is 11.4 Å². The van der Waals surface area contributed by atoms with E-state index in [1.165, 1.54) is 12.8 Å². The average molecular weight is 451 g/mol. The number of nitrogens with two attached hydrogens (primary N) is 1. The van der Waals surface area contributed by atoms with Gasteiger partial charge >= 0.3 is 0 Å². The third kappa shape index (κ3) is 4.54. The second kappa shape index (κ2) is 9.14. The number of benzene rings is 2. The molecule has 1 aliphatic rings. The summed E-state index contributed by atoms with van der Waals surface area (Å²) >= 11 is 0. The maximum absolute atomic E-state index is 5.94. The Labute approximate surface area is 193 Å². The molecule has 0 saturated heterocycles. The summed E-state index contributed by atoms with van der Waals surface area (Å²) in [4.78, 5) is 11.8. The molecule has 2 aromatic carbocycles. The molecule has 5 rings (SSSR count). The van der Waals surface area contributed by atoms with Crippen molar-refractivity contribution in [3.05, 3.63) is 60.6 Å². The smallest absolute Gasteiger partial charge is 0.121 e. The highest BCUT2D eigenvalue weighted by molar-refractivity contribution is 5.85. The Balaban J connectivity index is 0.00000245. The molecule has 0 spiro atoms. The average Bonchev–Trinajstić information content (AvgIpc) is 3.53.